The van der Waals surface area contributed by atoms with Gasteiger partial charge in [0, 0.05) is 18.0 Å². The van der Waals surface area contributed by atoms with E-state index in [4.69, 9.17) is 5.84 Å². The molecule has 2 N–H and O–H groups in total. The summed E-state index contributed by atoms with van der Waals surface area (Å²) in [5.41, 5.74) is 4.83. The van der Waals surface area contributed by atoms with Crippen LogP contribution in [0.25, 0.3) is 11.4 Å². The fourth-order valence-corrected chi connectivity index (χ4v) is 2.04. The second kappa shape index (κ2) is 3.42. The molecule has 0 radical (unpaired) electrons. The van der Waals surface area contributed by atoms with Crippen LogP contribution in [0.5, 0.6) is 0 Å². The van der Waals surface area contributed by atoms with Gasteiger partial charge in [-0.2, -0.15) is 0 Å². The summed E-state index contributed by atoms with van der Waals surface area (Å²) in [6, 6.07) is 4.30. The number of rotatable bonds is 1. The van der Waals surface area contributed by atoms with E-state index in [9.17, 15) is 0 Å². The van der Waals surface area contributed by atoms with Crippen LogP contribution in [0.4, 0.5) is 0 Å². The summed E-state index contributed by atoms with van der Waals surface area (Å²) in [5, 5.41) is 0. The largest absolute Gasteiger partial charge is 0.338 e. The van der Waals surface area contributed by atoms with Crippen molar-refractivity contribution in [3.05, 3.63) is 41.2 Å². The van der Waals surface area contributed by atoms with Crippen LogP contribution in [0.3, 0.4) is 0 Å². The highest BCUT2D eigenvalue weighted by atomic mass is 15.3. The molecule has 0 spiro atoms. The van der Waals surface area contributed by atoms with Crippen molar-refractivity contribution in [2.75, 3.05) is 5.84 Å². The van der Waals surface area contributed by atoms with Crippen molar-refractivity contribution in [3.63, 3.8) is 0 Å². The summed E-state index contributed by atoms with van der Waals surface area (Å²) in [4.78, 5) is 4.28. The number of nitrogens with zero attached hydrogens (tertiary/aromatic N) is 2. The molecule has 1 heterocycles. The third-order valence-corrected chi connectivity index (χ3v) is 2.57. The summed E-state index contributed by atoms with van der Waals surface area (Å²) in [7, 11) is 0. The number of benzene rings is 1. The maximum atomic E-state index is 5.80. The van der Waals surface area contributed by atoms with Gasteiger partial charge in [0.15, 0.2) is 5.82 Å². The molecule has 78 valence electrons. The van der Waals surface area contributed by atoms with Crippen LogP contribution in [0.15, 0.2) is 24.5 Å². The Morgan fingerprint density at radius 3 is 2.20 bits per heavy atom. The Morgan fingerprint density at radius 2 is 1.73 bits per heavy atom. The van der Waals surface area contributed by atoms with E-state index in [0.29, 0.717) is 0 Å². The van der Waals surface area contributed by atoms with Crippen LogP contribution < -0.4 is 5.84 Å². The molecular weight excluding hydrogens is 186 g/mol. The van der Waals surface area contributed by atoms with Gasteiger partial charge in [-0.25, -0.2) is 4.98 Å². The van der Waals surface area contributed by atoms with Gasteiger partial charge in [-0.1, -0.05) is 17.7 Å². The molecule has 1 aromatic carbocycles. The Balaban J connectivity index is 2.68. The maximum Gasteiger partial charge on any atom is 0.158 e. The summed E-state index contributed by atoms with van der Waals surface area (Å²) in [5.74, 6) is 6.63. The van der Waals surface area contributed by atoms with Crippen molar-refractivity contribution < 1.29 is 0 Å². The van der Waals surface area contributed by atoms with Gasteiger partial charge in [-0.3, -0.25) is 4.68 Å². The van der Waals surface area contributed by atoms with Gasteiger partial charge in [0.2, 0.25) is 0 Å². The van der Waals surface area contributed by atoms with Gasteiger partial charge in [0.1, 0.15) is 0 Å². The molecule has 0 fully saturated rings. The smallest absolute Gasteiger partial charge is 0.158 e. The average molecular weight is 201 g/mol. The summed E-state index contributed by atoms with van der Waals surface area (Å²) in [6.45, 7) is 6.27. The zero-order chi connectivity index (χ0) is 11.0. The normalized spacial score (nSPS) is 10.6. The Labute approximate surface area is 89.5 Å². The van der Waals surface area contributed by atoms with Gasteiger partial charge in [0.25, 0.3) is 0 Å². The summed E-state index contributed by atoms with van der Waals surface area (Å²) >= 11 is 0. The summed E-state index contributed by atoms with van der Waals surface area (Å²) < 4.78 is 1.56. The molecule has 0 bridgehead atoms. The SMILES string of the molecule is Cc1cc(C)c(-c2nccn2N)c(C)c1. The minimum Gasteiger partial charge on any atom is -0.338 e. The van der Waals surface area contributed by atoms with Crippen molar-refractivity contribution >= 4 is 0 Å². The minimum absolute atomic E-state index is 0.824. The highest BCUT2D eigenvalue weighted by Gasteiger charge is 2.10. The molecule has 0 amide bonds. The number of nitrogens with two attached hydrogens (primary N) is 1. The molecular formula is C12H15N3. The predicted molar refractivity (Wildman–Crippen MR) is 62.0 cm³/mol. The molecule has 0 unspecified atom stereocenters. The van der Waals surface area contributed by atoms with E-state index in [1.54, 1.807) is 17.1 Å². The minimum atomic E-state index is 0.824. The second-order valence-corrected chi connectivity index (χ2v) is 3.93. The lowest BCUT2D eigenvalue weighted by molar-refractivity contribution is 1.01. The average Bonchev–Trinajstić information content (AvgIpc) is 2.50. The van der Waals surface area contributed by atoms with Crippen molar-refractivity contribution in [1.29, 1.82) is 0 Å². The van der Waals surface area contributed by atoms with Crippen molar-refractivity contribution in [2.24, 2.45) is 0 Å². The first-order chi connectivity index (χ1) is 7.09. The third kappa shape index (κ3) is 1.61. The van der Waals surface area contributed by atoms with Crippen LogP contribution in [-0.4, -0.2) is 9.66 Å². The van der Waals surface area contributed by atoms with E-state index >= 15 is 0 Å². The zero-order valence-electron chi connectivity index (χ0n) is 9.28. The van der Waals surface area contributed by atoms with E-state index in [1.165, 1.54) is 16.7 Å². The van der Waals surface area contributed by atoms with Crippen molar-refractivity contribution in [1.82, 2.24) is 9.66 Å². The van der Waals surface area contributed by atoms with Crippen molar-refractivity contribution in [2.45, 2.75) is 20.8 Å². The molecule has 3 nitrogen and oxygen atoms in total. The Morgan fingerprint density at radius 1 is 1.13 bits per heavy atom. The Kier molecular flexibility index (Phi) is 2.23. The van der Waals surface area contributed by atoms with E-state index in [1.807, 2.05) is 0 Å². The predicted octanol–water partition coefficient (Wildman–Crippen LogP) is 2.19. The molecule has 2 rings (SSSR count). The maximum absolute atomic E-state index is 5.80. The highest BCUT2D eigenvalue weighted by Crippen LogP contribution is 2.25. The molecule has 15 heavy (non-hydrogen) atoms. The molecule has 0 aliphatic carbocycles. The lowest BCUT2D eigenvalue weighted by atomic mass is 9.99. The fraction of sp³-hybridized carbons (Fsp3) is 0.250. The topological polar surface area (TPSA) is 43.8 Å². The van der Waals surface area contributed by atoms with Crippen LogP contribution in [0.2, 0.25) is 0 Å². The fourth-order valence-electron chi connectivity index (χ4n) is 2.04. The van der Waals surface area contributed by atoms with E-state index in [0.717, 1.165) is 11.4 Å². The quantitative estimate of drug-likeness (QED) is 0.719. The second-order valence-electron chi connectivity index (χ2n) is 3.93. The summed E-state index contributed by atoms with van der Waals surface area (Å²) in [6.07, 6.45) is 3.47. The lowest BCUT2D eigenvalue weighted by Crippen LogP contribution is -2.09. The first kappa shape index (κ1) is 9.77. The molecule has 0 atom stereocenters. The first-order valence-corrected chi connectivity index (χ1v) is 4.96. The van der Waals surface area contributed by atoms with Crippen LogP contribution in [-0.2, 0) is 0 Å². The van der Waals surface area contributed by atoms with Crippen LogP contribution in [0, 0.1) is 20.8 Å². The Bertz CT molecular complexity index is 474. The van der Waals surface area contributed by atoms with E-state index in [2.05, 4.69) is 37.9 Å². The molecule has 2 aromatic rings. The molecule has 0 saturated carbocycles. The zero-order valence-corrected chi connectivity index (χ0v) is 9.28. The van der Waals surface area contributed by atoms with E-state index < -0.39 is 0 Å². The molecule has 0 saturated heterocycles. The van der Waals surface area contributed by atoms with Gasteiger partial charge < -0.3 is 5.84 Å². The first-order valence-electron chi connectivity index (χ1n) is 4.96. The molecule has 0 aliphatic heterocycles. The van der Waals surface area contributed by atoms with Gasteiger partial charge in [-0.15, -0.1) is 0 Å². The third-order valence-electron chi connectivity index (χ3n) is 2.57. The van der Waals surface area contributed by atoms with Crippen LogP contribution >= 0.6 is 0 Å². The van der Waals surface area contributed by atoms with Crippen LogP contribution in [0.1, 0.15) is 16.7 Å². The van der Waals surface area contributed by atoms with Gasteiger partial charge >= 0.3 is 0 Å². The number of aromatic nitrogens is 2. The van der Waals surface area contributed by atoms with Crippen molar-refractivity contribution in [3.8, 4) is 11.4 Å². The number of imidazole rings is 1. The standard InChI is InChI=1S/C12H15N3/c1-8-6-9(2)11(10(3)7-8)12-14-4-5-15(12)13/h4-7H,13H2,1-3H3. The number of hydrogen-bond donors (Lipinski definition) is 1. The number of aryl methyl sites for hydroxylation is 3. The van der Waals surface area contributed by atoms with E-state index in [-0.39, 0.29) is 0 Å². The molecule has 0 aliphatic rings. The lowest BCUT2D eigenvalue weighted by Gasteiger charge is -2.10. The highest BCUT2D eigenvalue weighted by molar-refractivity contribution is 5.65. The number of nitrogen functional groups attached to an aromatic ring is 1. The van der Waals surface area contributed by atoms with Gasteiger partial charge in [-0.05, 0) is 31.9 Å². The molecule has 3 heteroatoms. The van der Waals surface area contributed by atoms with Gasteiger partial charge in [0.05, 0.1) is 0 Å². The monoisotopic (exact) mass is 201 g/mol. The Hall–Kier alpha value is -1.77. The number of hydrogen-bond acceptors (Lipinski definition) is 2. The molecule has 1 aromatic heterocycles.